The van der Waals surface area contributed by atoms with Gasteiger partial charge in [-0.25, -0.2) is 0 Å². The summed E-state index contributed by atoms with van der Waals surface area (Å²) in [5.41, 5.74) is 1.10. The molecule has 90 valence electrons. The molecule has 0 aliphatic rings. The van der Waals surface area contributed by atoms with Gasteiger partial charge in [0, 0.05) is 19.8 Å². The van der Waals surface area contributed by atoms with Crippen molar-refractivity contribution in [3.8, 4) is 5.75 Å². The number of hydrogen-bond donors (Lipinski definition) is 0. The van der Waals surface area contributed by atoms with E-state index in [2.05, 4.69) is 4.99 Å². The number of rotatable bonds is 2. The Morgan fingerprint density at radius 3 is 2.25 bits per heavy atom. The Bertz CT molecular complexity index is 340. The Morgan fingerprint density at radius 1 is 1.31 bits per heavy atom. The molecule has 0 heterocycles. The van der Waals surface area contributed by atoms with Crippen molar-refractivity contribution in [2.75, 3.05) is 32.4 Å². The van der Waals surface area contributed by atoms with Crippen LogP contribution in [-0.2, 0) is 0 Å². The number of benzene rings is 1. The first-order valence-corrected chi connectivity index (χ1v) is 5.84. The minimum atomic E-state index is 0. The van der Waals surface area contributed by atoms with E-state index < -0.39 is 0 Å². The molecule has 0 aliphatic carbocycles. The molecule has 0 radical (unpaired) electrons. The Labute approximate surface area is 118 Å². The molecule has 0 saturated carbocycles. The first kappa shape index (κ1) is 15.6. The largest absolute Gasteiger partial charge is 0.497 e. The van der Waals surface area contributed by atoms with Gasteiger partial charge in [0.1, 0.15) is 5.75 Å². The molecule has 0 N–H and O–H groups in total. The van der Waals surface area contributed by atoms with Crippen molar-refractivity contribution in [2.45, 2.75) is 0 Å². The predicted octanol–water partition coefficient (Wildman–Crippen LogP) is 3.10. The minimum absolute atomic E-state index is 0. The van der Waals surface area contributed by atoms with E-state index in [1.54, 1.807) is 25.9 Å². The van der Waals surface area contributed by atoms with Crippen LogP contribution in [0.3, 0.4) is 0 Å². The highest BCUT2D eigenvalue weighted by atomic mass is 127. The van der Waals surface area contributed by atoms with Crippen LogP contribution in [0, 0.1) is 0 Å². The van der Waals surface area contributed by atoms with Crippen LogP contribution < -0.4 is 9.64 Å². The van der Waals surface area contributed by atoms with Crippen LogP contribution in [-0.4, -0.2) is 32.6 Å². The fourth-order valence-corrected chi connectivity index (χ4v) is 1.86. The van der Waals surface area contributed by atoms with Gasteiger partial charge in [-0.05, 0) is 30.5 Å². The Morgan fingerprint density at radius 2 is 1.88 bits per heavy atom. The van der Waals surface area contributed by atoms with Gasteiger partial charge in [0.05, 0.1) is 7.11 Å². The number of ether oxygens (including phenoxy) is 1. The second-order valence-electron chi connectivity index (χ2n) is 2.97. The molecule has 16 heavy (non-hydrogen) atoms. The van der Waals surface area contributed by atoms with Crippen molar-refractivity contribution in [1.29, 1.82) is 0 Å². The highest BCUT2D eigenvalue weighted by Gasteiger charge is 2.06. The van der Waals surface area contributed by atoms with E-state index in [-0.39, 0.29) is 24.0 Å². The molecule has 0 saturated heterocycles. The highest BCUT2D eigenvalue weighted by Crippen LogP contribution is 2.20. The summed E-state index contributed by atoms with van der Waals surface area (Å²) in [5.74, 6) is 0.867. The van der Waals surface area contributed by atoms with E-state index in [4.69, 9.17) is 4.74 Å². The van der Waals surface area contributed by atoms with E-state index in [0.29, 0.717) is 0 Å². The number of hydrogen-bond acceptors (Lipinski definition) is 3. The van der Waals surface area contributed by atoms with Gasteiger partial charge in [0.25, 0.3) is 0 Å². The number of anilines is 1. The van der Waals surface area contributed by atoms with Crippen LogP contribution in [0.5, 0.6) is 5.75 Å². The average Bonchev–Trinajstić information content (AvgIpc) is 2.30. The number of amidine groups is 1. The molecule has 3 nitrogen and oxygen atoms in total. The number of methoxy groups -OCH3 is 1. The van der Waals surface area contributed by atoms with Crippen LogP contribution in [0.4, 0.5) is 5.69 Å². The Kier molecular flexibility index (Phi) is 7.57. The molecule has 1 aromatic rings. The molecule has 0 unspecified atom stereocenters. The van der Waals surface area contributed by atoms with E-state index in [0.717, 1.165) is 16.6 Å². The zero-order valence-corrected chi connectivity index (χ0v) is 13.1. The van der Waals surface area contributed by atoms with Gasteiger partial charge in [0.15, 0.2) is 5.17 Å². The summed E-state index contributed by atoms with van der Waals surface area (Å²) < 4.78 is 5.11. The lowest BCUT2D eigenvalue weighted by atomic mass is 10.3. The summed E-state index contributed by atoms with van der Waals surface area (Å²) in [6.07, 6.45) is 2.02. The van der Waals surface area contributed by atoms with Gasteiger partial charge in [-0.1, -0.05) is 11.8 Å². The predicted molar refractivity (Wildman–Crippen MR) is 83.7 cm³/mol. The first-order chi connectivity index (χ1) is 7.22. The molecular formula is C11H17IN2OS. The van der Waals surface area contributed by atoms with Gasteiger partial charge in [-0.3, -0.25) is 4.99 Å². The molecule has 0 aromatic heterocycles. The Balaban J connectivity index is 0.00000225. The Hall–Kier alpha value is -0.430. The van der Waals surface area contributed by atoms with Gasteiger partial charge in [0.2, 0.25) is 0 Å². The summed E-state index contributed by atoms with van der Waals surface area (Å²) in [5, 5.41) is 0.986. The van der Waals surface area contributed by atoms with Crippen LogP contribution in [0.15, 0.2) is 29.3 Å². The molecule has 0 atom stereocenters. The average molecular weight is 352 g/mol. The molecule has 1 rings (SSSR count). The number of aliphatic imine (C=N–C) groups is 1. The SMILES string of the molecule is CN=C(SC)N(C)c1ccc(OC)cc1.I. The standard InChI is InChI=1S/C11H16N2OS.HI/c1-12-11(15-4)13(2)9-5-7-10(14-3)8-6-9;/h5-8H,1-4H3;1H. The lowest BCUT2D eigenvalue weighted by Crippen LogP contribution is -2.22. The van der Waals surface area contributed by atoms with Crippen LogP contribution in [0.2, 0.25) is 0 Å². The molecule has 0 aliphatic heterocycles. The lowest BCUT2D eigenvalue weighted by Gasteiger charge is -2.19. The first-order valence-electron chi connectivity index (χ1n) is 4.61. The monoisotopic (exact) mass is 352 g/mol. The normalized spacial score (nSPS) is 10.6. The molecule has 0 spiro atoms. The number of nitrogens with zero attached hydrogens (tertiary/aromatic N) is 2. The second kappa shape index (κ2) is 7.78. The van der Waals surface area contributed by atoms with Gasteiger partial charge < -0.3 is 9.64 Å². The maximum absolute atomic E-state index is 5.11. The zero-order valence-electron chi connectivity index (χ0n) is 9.93. The number of halogens is 1. The quantitative estimate of drug-likeness (QED) is 0.465. The summed E-state index contributed by atoms with van der Waals surface area (Å²) >= 11 is 1.63. The summed E-state index contributed by atoms with van der Waals surface area (Å²) in [6, 6.07) is 7.92. The fourth-order valence-electron chi connectivity index (χ4n) is 1.29. The van der Waals surface area contributed by atoms with E-state index in [1.807, 2.05) is 42.5 Å². The lowest BCUT2D eigenvalue weighted by molar-refractivity contribution is 0.415. The minimum Gasteiger partial charge on any atom is -0.497 e. The zero-order chi connectivity index (χ0) is 11.3. The molecular weight excluding hydrogens is 335 g/mol. The summed E-state index contributed by atoms with van der Waals surface area (Å²) in [6.45, 7) is 0. The van der Waals surface area contributed by atoms with Gasteiger partial charge >= 0.3 is 0 Å². The van der Waals surface area contributed by atoms with E-state index in [9.17, 15) is 0 Å². The smallest absolute Gasteiger partial charge is 0.162 e. The highest BCUT2D eigenvalue weighted by molar-refractivity contribution is 14.0. The van der Waals surface area contributed by atoms with E-state index in [1.165, 1.54) is 0 Å². The van der Waals surface area contributed by atoms with E-state index >= 15 is 0 Å². The second-order valence-corrected chi connectivity index (χ2v) is 3.74. The molecule has 0 bridgehead atoms. The van der Waals surface area contributed by atoms with Crippen molar-refractivity contribution in [2.24, 2.45) is 4.99 Å². The topological polar surface area (TPSA) is 24.8 Å². The summed E-state index contributed by atoms with van der Waals surface area (Å²) in [7, 11) is 5.46. The third kappa shape index (κ3) is 3.86. The van der Waals surface area contributed by atoms with Crippen molar-refractivity contribution in [1.82, 2.24) is 0 Å². The molecule has 1 aromatic carbocycles. The van der Waals surface area contributed by atoms with Gasteiger partial charge in [-0.15, -0.1) is 24.0 Å². The molecule has 5 heteroatoms. The number of thioether (sulfide) groups is 1. The van der Waals surface area contributed by atoms with Crippen LogP contribution in [0.25, 0.3) is 0 Å². The van der Waals surface area contributed by atoms with Crippen molar-refractivity contribution in [3.63, 3.8) is 0 Å². The van der Waals surface area contributed by atoms with Crippen molar-refractivity contribution >= 4 is 46.6 Å². The maximum atomic E-state index is 5.11. The third-order valence-corrected chi connectivity index (χ3v) is 2.94. The van der Waals surface area contributed by atoms with Crippen LogP contribution in [0.1, 0.15) is 0 Å². The molecule has 0 fully saturated rings. The summed E-state index contributed by atoms with van der Waals surface area (Å²) in [4.78, 5) is 6.25. The van der Waals surface area contributed by atoms with Crippen molar-refractivity contribution < 1.29 is 4.74 Å². The van der Waals surface area contributed by atoms with Gasteiger partial charge in [-0.2, -0.15) is 0 Å². The van der Waals surface area contributed by atoms with Crippen LogP contribution >= 0.6 is 35.7 Å². The van der Waals surface area contributed by atoms with Crippen molar-refractivity contribution in [3.05, 3.63) is 24.3 Å². The third-order valence-electron chi connectivity index (χ3n) is 2.12. The maximum Gasteiger partial charge on any atom is 0.162 e. The molecule has 0 amide bonds. The fraction of sp³-hybridized carbons (Fsp3) is 0.364.